The molecule has 1 aromatic heterocycles. The lowest BCUT2D eigenvalue weighted by Gasteiger charge is -2.37. The highest BCUT2D eigenvalue weighted by atomic mass is 35.5. The van der Waals surface area contributed by atoms with E-state index in [2.05, 4.69) is 10.00 Å². The molecule has 0 aliphatic carbocycles. The minimum absolute atomic E-state index is 0.102. The van der Waals surface area contributed by atoms with Crippen molar-refractivity contribution in [2.24, 2.45) is 0 Å². The zero-order valence-corrected chi connectivity index (χ0v) is 18.4. The van der Waals surface area contributed by atoms with Gasteiger partial charge in [0.15, 0.2) is 0 Å². The van der Waals surface area contributed by atoms with Crippen LogP contribution in [0.5, 0.6) is 0 Å². The van der Waals surface area contributed by atoms with Crippen LogP contribution >= 0.6 is 11.6 Å². The number of para-hydroxylation sites is 1. The molecule has 2 aromatic carbocycles. The smallest absolute Gasteiger partial charge is 0.267 e. The summed E-state index contributed by atoms with van der Waals surface area (Å²) in [5.74, 6) is -0.102. The first-order valence-corrected chi connectivity index (χ1v) is 10.8. The second kappa shape index (κ2) is 8.94. The standard InChI is InChI=1S/C24H25ClN4O2/c1-17-7-9-19(10-8-17)21-11-12-23(30)29(26-21)18(2)24(31)28-15-13-27(14-16-28)22-6-4-3-5-20(22)25/h3-12,18H,13-16H2,1-2H3. The summed E-state index contributed by atoms with van der Waals surface area (Å²) in [6.45, 7) is 6.27. The highest BCUT2D eigenvalue weighted by Gasteiger charge is 2.27. The number of piperazine rings is 1. The number of hydrogen-bond acceptors (Lipinski definition) is 4. The highest BCUT2D eigenvalue weighted by Crippen LogP contribution is 2.26. The van der Waals surface area contributed by atoms with Gasteiger partial charge in [-0.15, -0.1) is 0 Å². The van der Waals surface area contributed by atoms with E-state index in [0.717, 1.165) is 16.8 Å². The molecule has 7 heteroatoms. The van der Waals surface area contributed by atoms with Crippen molar-refractivity contribution >= 4 is 23.2 Å². The van der Waals surface area contributed by atoms with Gasteiger partial charge in [0.05, 0.1) is 16.4 Å². The van der Waals surface area contributed by atoms with Crippen molar-refractivity contribution in [3.63, 3.8) is 0 Å². The van der Waals surface area contributed by atoms with Crippen LogP contribution in [-0.4, -0.2) is 46.8 Å². The molecule has 1 aliphatic heterocycles. The molecule has 1 saturated heterocycles. The predicted octanol–water partition coefficient (Wildman–Crippen LogP) is 3.78. The first kappa shape index (κ1) is 21.1. The lowest BCUT2D eigenvalue weighted by Crippen LogP contribution is -2.51. The average molecular weight is 437 g/mol. The number of anilines is 1. The van der Waals surface area contributed by atoms with Crippen LogP contribution in [-0.2, 0) is 4.79 Å². The van der Waals surface area contributed by atoms with Crippen LogP contribution in [0, 0.1) is 6.92 Å². The van der Waals surface area contributed by atoms with Crippen LogP contribution in [0.3, 0.4) is 0 Å². The lowest BCUT2D eigenvalue weighted by atomic mass is 10.1. The molecule has 0 saturated carbocycles. The number of benzene rings is 2. The lowest BCUT2D eigenvalue weighted by molar-refractivity contribution is -0.135. The molecule has 6 nitrogen and oxygen atoms in total. The van der Waals surface area contributed by atoms with Crippen LogP contribution in [0.15, 0.2) is 65.5 Å². The first-order chi connectivity index (χ1) is 14.9. The summed E-state index contributed by atoms with van der Waals surface area (Å²) in [5, 5.41) is 5.20. The second-order valence-electron chi connectivity index (χ2n) is 7.81. The van der Waals surface area contributed by atoms with Crippen molar-refractivity contribution in [3.05, 3.63) is 81.6 Å². The highest BCUT2D eigenvalue weighted by molar-refractivity contribution is 6.33. The van der Waals surface area contributed by atoms with Crippen LogP contribution in [0.1, 0.15) is 18.5 Å². The number of carbonyl (C=O) groups is 1. The van der Waals surface area contributed by atoms with Crippen molar-refractivity contribution < 1.29 is 4.79 Å². The SMILES string of the molecule is Cc1ccc(-c2ccc(=O)n(C(C)C(=O)N3CCN(c4ccccc4Cl)CC3)n2)cc1. The summed E-state index contributed by atoms with van der Waals surface area (Å²) < 4.78 is 1.29. The molecular weight excluding hydrogens is 412 g/mol. The largest absolute Gasteiger partial charge is 0.367 e. The summed E-state index contributed by atoms with van der Waals surface area (Å²) in [7, 11) is 0. The number of nitrogens with zero attached hydrogens (tertiary/aromatic N) is 4. The van der Waals surface area contributed by atoms with Gasteiger partial charge in [-0.3, -0.25) is 9.59 Å². The van der Waals surface area contributed by atoms with Crippen LogP contribution in [0.4, 0.5) is 5.69 Å². The molecule has 1 aliphatic rings. The minimum atomic E-state index is -0.676. The van der Waals surface area contributed by atoms with E-state index in [4.69, 9.17) is 11.6 Å². The number of halogens is 1. The average Bonchev–Trinajstić information content (AvgIpc) is 2.79. The summed E-state index contributed by atoms with van der Waals surface area (Å²) in [6, 6.07) is 18.1. The van der Waals surface area contributed by atoms with Crippen LogP contribution in [0.25, 0.3) is 11.3 Å². The summed E-state index contributed by atoms with van der Waals surface area (Å²) in [6.07, 6.45) is 0. The van der Waals surface area contributed by atoms with E-state index in [1.165, 1.54) is 10.7 Å². The zero-order chi connectivity index (χ0) is 22.0. The van der Waals surface area contributed by atoms with Crippen LogP contribution in [0.2, 0.25) is 5.02 Å². The molecule has 0 N–H and O–H groups in total. The molecule has 4 rings (SSSR count). The van der Waals surface area contributed by atoms with Crippen LogP contribution < -0.4 is 10.5 Å². The van der Waals surface area contributed by atoms with E-state index in [0.29, 0.717) is 36.9 Å². The van der Waals surface area contributed by atoms with Gasteiger partial charge in [-0.25, -0.2) is 4.68 Å². The molecule has 0 bridgehead atoms. The number of rotatable bonds is 4. The van der Waals surface area contributed by atoms with Crippen molar-refractivity contribution in [2.45, 2.75) is 19.9 Å². The van der Waals surface area contributed by atoms with Gasteiger partial charge in [0, 0.05) is 37.8 Å². The Morgan fingerprint density at radius 2 is 1.65 bits per heavy atom. The van der Waals surface area contributed by atoms with E-state index in [1.807, 2.05) is 55.5 Å². The Kier molecular flexibility index (Phi) is 6.09. The third-order valence-electron chi connectivity index (χ3n) is 5.68. The monoisotopic (exact) mass is 436 g/mol. The van der Waals surface area contributed by atoms with Crippen molar-refractivity contribution in [2.75, 3.05) is 31.1 Å². The molecular formula is C24H25ClN4O2. The molecule has 1 unspecified atom stereocenters. The molecule has 0 spiro atoms. The van der Waals surface area contributed by atoms with E-state index in [1.54, 1.807) is 17.9 Å². The molecule has 1 atom stereocenters. The topological polar surface area (TPSA) is 58.4 Å². The maximum Gasteiger partial charge on any atom is 0.267 e. The molecule has 1 amide bonds. The Bertz CT molecular complexity index is 1130. The van der Waals surface area contributed by atoms with E-state index in [9.17, 15) is 9.59 Å². The predicted molar refractivity (Wildman–Crippen MR) is 124 cm³/mol. The fraction of sp³-hybridized carbons (Fsp3) is 0.292. The maximum atomic E-state index is 13.1. The van der Waals surface area contributed by atoms with Gasteiger partial charge in [-0.05, 0) is 32.0 Å². The number of hydrogen-bond donors (Lipinski definition) is 0. The van der Waals surface area contributed by atoms with Gasteiger partial charge < -0.3 is 9.80 Å². The first-order valence-electron chi connectivity index (χ1n) is 10.4. The Morgan fingerprint density at radius 3 is 2.32 bits per heavy atom. The Hall–Kier alpha value is -3.12. The van der Waals surface area contributed by atoms with Gasteiger partial charge >= 0.3 is 0 Å². The van der Waals surface area contributed by atoms with Crippen molar-refractivity contribution in [1.29, 1.82) is 0 Å². The molecule has 160 valence electrons. The molecule has 31 heavy (non-hydrogen) atoms. The van der Waals surface area contributed by atoms with Gasteiger partial charge in [-0.2, -0.15) is 5.10 Å². The van der Waals surface area contributed by atoms with Gasteiger partial charge in [0.1, 0.15) is 6.04 Å². The van der Waals surface area contributed by atoms with Crippen molar-refractivity contribution in [1.82, 2.24) is 14.7 Å². The fourth-order valence-corrected chi connectivity index (χ4v) is 4.08. The molecule has 2 heterocycles. The zero-order valence-electron chi connectivity index (χ0n) is 17.7. The Labute approximate surface area is 186 Å². The maximum absolute atomic E-state index is 13.1. The third kappa shape index (κ3) is 4.49. The Balaban J connectivity index is 1.48. The number of aryl methyl sites for hydroxylation is 1. The normalized spacial score (nSPS) is 15.1. The summed E-state index contributed by atoms with van der Waals surface area (Å²) >= 11 is 6.31. The quantitative estimate of drug-likeness (QED) is 0.624. The number of aromatic nitrogens is 2. The second-order valence-corrected chi connectivity index (χ2v) is 8.21. The molecule has 0 radical (unpaired) electrons. The summed E-state index contributed by atoms with van der Waals surface area (Å²) in [4.78, 5) is 29.6. The fourth-order valence-electron chi connectivity index (χ4n) is 3.83. The number of amides is 1. The summed E-state index contributed by atoms with van der Waals surface area (Å²) in [5.41, 5.74) is 3.42. The van der Waals surface area contributed by atoms with Gasteiger partial charge in [0.2, 0.25) is 5.91 Å². The van der Waals surface area contributed by atoms with E-state index in [-0.39, 0.29) is 11.5 Å². The van der Waals surface area contributed by atoms with Gasteiger partial charge in [-0.1, -0.05) is 53.6 Å². The van der Waals surface area contributed by atoms with E-state index < -0.39 is 6.04 Å². The number of carbonyl (C=O) groups excluding carboxylic acids is 1. The minimum Gasteiger partial charge on any atom is -0.367 e. The van der Waals surface area contributed by atoms with Crippen molar-refractivity contribution in [3.8, 4) is 11.3 Å². The Morgan fingerprint density at radius 1 is 0.968 bits per heavy atom. The third-order valence-corrected chi connectivity index (χ3v) is 6.00. The molecule has 3 aromatic rings. The van der Waals surface area contributed by atoms with E-state index >= 15 is 0 Å². The van der Waals surface area contributed by atoms with Gasteiger partial charge in [0.25, 0.3) is 5.56 Å². The molecule has 1 fully saturated rings.